The van der Waals surface area contributed by atoms with Gasteiger partial charge in [-0.2, -0.15) is 0 Å². The number of hydrogen-bond donors (Lipinski definition) is 2. The van der Waals surface area contributed by atoms with Crippen LogP contribution in [0.2, 0.25) is 0 Å². The summed E-state index contributed by atoms with van der Waals surface area (Å²) in [5.74, 6) is 0.450. The standard InChI is InChI=1S/C11H14N2O/c14-11-5-1-3-8(7-11)10-9(13-11)4-2-6-12-10/h2,4,6,8,13-14H,1,3,5,7H2. The fraction of sp³-hybridized carbons (Fsp3) is 0.545. The Morgan fingerprint density at radius 3 is 3.43 bits per heavy atom. The maximum Gasteiger partial charge on any atom is 0.136 e. The Hall–Kier alpha value is -1.09. The highest BCUT2D eigenvalue weighted by Crippen LogP contribution is 2.44. The molecular weight excluding hydrogens is 176 g/mol. The van der Waals surface area contributed by atoms with E-state index in [9.17, 15) is 5.11 Å². The van der Waals surface area contributed by atoms with Gasteiger partial charge in [-0.25, -0.2) is 0 Å². The summed E-state index contributed by atoms with van der Waals surface area (Å²) in [6, 6.07) is 3.92. The monoisotopic (exact) mass is 190 g/mol. The third-order valence-corrected chi connectivity index (χ3v) is 3.32. The zero-order chi connectivity index (χ0) is 9.60. The van der Waals surface area contributed by atoms with Gasteiger partial charge in [0.25, 0.3) is 0 Å². The van der Waals surface area contributed by atoms with E-state index < -0.39 is 5.72 Å². The molecule has 1 aliphatic heterocycles. The number of hydrogen-bond acceptors (Lipinski definition) is 3. The van der Waals surface area contributed by atoms with E-state index in [0.29, 0.717) is 5.92 Å². The zero-order valence-corrected chi connectivity index (χ0v) is 8.03. The SMILES string of the molecule is OC12CCCC(C1)c1ncccc1N2. The molecule has 74 valence electrons. The number of anilines is 1. The summed E-state index contributed by atoms with van der Waals surface area (Å²) < 4.78 is 0. The molecule has 0 aromatic carbocycles. The van der Waals surface area contributed by atoms with Crippen molar-refractivity contribution in [2.75, 3.05) is 5.32 Å². The minimum atomic E-state index is -0.668. The predicted molar refractivity (Wildman–Crippen MR) is 54.0 cm³/mol. The Labute approximate surface area is 83.2 Å². The van der Waals surface area contributed by atoms with Crippen LogP contribution in [0.1, 0.15) is 37.3 Å². The molecule has 3 rings (SSSR count). The van der Waals surface area contributed by atoms with Crippen molar-refractivity contribution < 1.29 is 5.11 Å². The highest BCUT2D eigenvalue weighted by molar-refractivity contribution is 5.53. The molecule has 3 heteroatoms. The average Bonchev–Trinajstić information content (AvgIpc) is 2.17. The van der Waals surface area contributed by atoms with Crippen molar-refractivity contribution in [1.29, 1.82) is 0 Å². The summed E-state index contributed by atoms with van der Waals surface area (Å²) in [4.78, 5) is 4.40. The van der Waals surface area contributed by atoms with Crippen LogP contribution < -0.4 is 5.32 Å². The van der Waals surface area contributed by atoms with Crippen LogP contribution >= 0.6 is 0 Å². The predicted octanol–water partition coefficient (Wildman–Crippen LogP) is 1.85. The van der Waals surface area contributed by atoms with Gasteiger partial charge in [0.1, 0.15) is 5.72 Å². The van der Waals surface area contributed by atoms with Gasteiger partial charge < -0.3 is 10.4 Å². The molecule has 0 amide bonds. The van der Waals surface area contributed by atoms with E-state index in [-0.39, 0.29) is 0 Å². The van der Waals surface area contributed by atoms with E-state index in [1.165, 1.54) is 0 Å². The largest absolute Gasteiger partial charge is 0.371 e. The van der Waals surface area contributed by atoms with Crippen LogP contribution in [0.25, 0.3) is 0 Å². The number of rotatable bonds is 0. The first-order chi connectivity index (χ1) is 6.77. The third-order valence-electron chi connectivity index (χ3n) is 3.32. The molecule has 0 radical (unpaired) electrons. The minimum Gasteiger partial charge on any atom is -0.371 e. The van der Waals surface area contributed by atoms with Gasteiger partial charge in [0, 0.05) is 18.5 Å². The molecule has 1 aromatic heterocycles. The number of aromatic nitrogens is 1. The number of pyridine rings is 1. The first kappa shape index (κ1) is 8.24. The van der Waals surface area contributed by atoms with Crippen LogP contribution in [-0.2, 0) is 0 Å². The molecule has 2 atom stereocenters. The van der Waals surface area contributed by atoms with Gasteiger partial charge in [-0.15, -0.1) is 0 Å². The van der Waals surface area contributed by atoms with Gasteiger partial charge in [-0.05, 0) is 31.4 Å². The molecule has 14 heavy (non-hydrogen) atoms. The summed E-state index contributed by atoms with van der Waals surface area (Å²) in [5, 5.41) is 13.4. The Balaban J connectivity index is 2.08. The molecule has 2 heterocycles. The summed E-state index contributed by atoms with van der Waals surface area (Å²) in [7, 11) is 0. The Morgan fingerprint density at radius 1 is 1.57 bits per heavy atom. The van der Waals surface area contributed by atoms with Gasteiger partial charge in [0.15, 0.2) is 0 Å². The lowest BCUT2D eigenvalue weighted by atomic mass is 9.77. The highest BCUT2D eigenvalue weighted by atomic mass is 16.3. The summed E-state index contributed by atoms with van der Waals surface area (Å²) >= 11 is 0. The van der Waals surface area contributed by atoms with Crippen molar-refractivity contribution in [3.05, 3.63) is 24.0 Å². The quantitative estimate of drug-likeness (QED) is 0.656. The summed E-state index contributed by atoms with van der Waals surface area (Å²) in [5.41, 5.74) is 1.49. The Kier molecular flexibility index (Phi) is 1.59. The Bertz CT molecular complexity index is 366. The van der Waals surface area contributed by atoms with Gasteiger partial charge in [0.05, 0.1) is 11.4 Å². The second kappa shape index (κ2) is 2.70. The lowest BCUT2D eigenvalue weighted by Gasteiger charge is -2.42. The molecule has 3 nitrogen and oxygen atoms in total. The fourth-order valence-corrected chi connectivity index (χ4v) is 2.70. The topological polar surface area (TPSA) is 45.2 Å². The normalized spacial score (nSPS) is 34.5. The second-order valence-electron chi connectivity index (χ2n) is 4.39. The number of nitrogens with one attached hydrogen (secondary N) is 1. The van der Waals surface area contributed by atoms with Crippen LogP contribution in [0, 0.1) is 0 Å². The van der Waals surface area contributed by atoms with Gasteiger partial charge >= 0.3 is 0 Å². The molecule has 2 bridgehead atoms. The van der Waals surface area contributed by atoms with E-state index in [0.717, 1.165) is 37.1 Å². The second-order valence-corrected chi connectivity index (χ2v) is 4.39. The van der Waals surface area contributed by atoms with Crippen molar-refractivity contribution in [3.63, 3.8) is 0 Å². The first-order valence-electron chi connectivity index (χ1n) is 5.22. The van der Waals surface area contributed by atoms with Crippen LogP contribution in [0.3, 0.4) is 0 Å². The highest BCUT2D eigenvalue weighted by Gasteiger charge is 2.40. The van der Waals surface area contributed by atoms with E-state index in [1.54, 1.807) is 0 Å². The van der Waals surface area contributed by atoms with E-state index >= 15 is 0 Å². The van der Waals surface area contributed by atoms with Crippen molar-refractivity contribution in [1.82, 2.24) is 4.98 Å². The van der Waals surface area contributed by atoms with Crippen molar-refractivity contribution in [2.45, 2.75) is 37.3 Å². The van der Waals surface area contributed by atoms with Crippen molar-refractivity contribution in [2.24, 2.45) is 0 Å². The molecule has 2 N–H and O–H groups in total. The smallest absolute Gasteiger partial charge is 0.136 e. The van der Waals surface area contributed by atoms with Crippen LogP contribution in [-0.4, -0.2) is 15.8 Å². The molecule has 2 unspecified atom stereocenters. The van der Waals surface area contributed by atoms with Crippen molar-refractivity contribution in [3.8, 4) is 0 Å². The molecule has 1 aromatic rings. The minimum absolute atomic E-state index is 0.450. The Morgan fingerprint density at radius 2 is 2.50 bits per heavy atom. The van der Waals surface area contributed by atoms with Crippen LogP contribution in [0.15, 0.2) is 18.3 Å². The maximum atomic E-state index is 10.2. The van der Waals surface area contributed by atoms with Gasteiger partial charge in [0.2, 0.25) is 0 Å². The molecule has 1 fully saturated rings. The van der Waals surface area contributed by atoms with E-state index in [1.807, 2.05) is 18.3 Å². The average molecular weight is 190 g/mol. The number of nitrogens with zero attached hydrogens (tertiary/aromatic N) is 1. The molecule has 1 saturated carbocycles. The molecule has 2 aliphatic rings. The van der Waals surface area contributed by atoms with Gasteiger partial charge in [-0.1, -0.05) is 0 Å². The zero-order valence-electron chi connectivity index (χ0n) is 8.03. The first-order valence-corrected chi connectivity index (χ1v) is 5.22. The molecule has 0 saturated heterocycles. The maximum absolute atomic E-state index is 10.2. The van der Waals surface area contributed by atoms with Crippen LogP contribution in [0.5, 0.6) is 0 Å². The molecule has 1 aliphatic carbocycles. The lowest BCUT2D eigenvalue weighted by molar-refractivity contribution is 0.0174. The van der Waals surface area contributed by atoms with Crippen molar-refractivity contribution >= 4 is 5.69 Å². The summed E-state index contributed by atoms with van der Waals surface area (Å²) in [6.45, 7) is 0. The fourth-order valence-electron chi connectivity index (χ4n) is 2.70. The van der Waals surface area contributed by atoms with Crippen LogP contribution in [0.4, 0.5) is 5.69 Å². The molecule has 0 spiro atoms. The summed E-state index contributed by atoms with van der Waals surface area (Å²) in [6.07, 6.45) is 5.76. The van der Waals surface area contributed by atoms with Gasteiger partial charge in [-0.3, -0.25) is 4.98 Å². The third kappa shape index (κ3) is 1.12. The number of fused-ring (bicyclic) bond motifs is 4. The van der Waals surface area contributed by atoms with E-state index in [2.05, 4.69) is 10.3 Å². The molecular formula is C11H14N2O. The lowest BCUT2D eigenvalue weighted by Crippen LogP contribution is -2.45. The number of aliphatic hydroxyl groups is 1. The van der Waals surface area contributed by atoms with E-state index in [4.69, 9.17) is 0 Å².